The molecule has 0 saturated carbocycles. The average Bonchev–Trinajstić information content (AvgIpc) is 2.64. The normalized spacial score (nSPS) is 12.3. The van der Waals surface area contributed by atoms with Gasteiger partial charge in [0, 0.05) is 23.1 Å². The molecule has 2 aromatic rings. The molecule has 0 radical (unpaired) electrons. The Labute approximate surface area is 154 Å². The molecule has 0 aliphatic heterocycles. The van der Waals surface area contributed by atoms with Crippen molar-refractivity contribution in [1.29, 1.82) is 0 Å². The Morgan fingerprint density at radius 1 is 1.15 bits per heavy atom. The van der Waals surface area contributed by atoms with Gasteiger partial charge in [0.25, 0.3) is 11.6 Å². The van der Waals surface area contributed by atoms with Gasteiger partial charge in [0.15, 0.2) is 0 Å². The highest BCUT2D eigenvalue weighted by Gasteiger charge is 2.17. The maximum absolute atomic E-state index is 12.7. The molecular formula is C20H27N3O3. The van der Waals surface area contributed by atoms with Crippen LogP contribution in [0.4, 0.5) is 5.69 Å². The van der Waals surface area contributed by atoms with Crippen molar-refractivity contribution in [3.8, 4) is 0 Å². The first-order valence-electron chi connectivity index (χ1n) is 9.17. The van der Waals surface area contributed by atoms with E-state index in [1.807, 2.05) is 6.92 Å². The van der Waals surface area contributed by atoms with Crippen molar-refractivity contribution in [2.45, 2.75) is 39.7 Å². The molecule has 0 aliphatic carbocycles. The maximum atomic E-state index is 12.7. The Morgan fingerprint density at radius 2 is 1.81 bits per heavy atom. The van der Waals surface area contributed by atoms with E-state index >= 15 is 0 Å². The van der Waals surface area contributed by atoms with E-state index in [2.05, 4.69) is 24.1 Å². The van der Waals surface area contributed by atoms with E-state index in [1.165, 1.54) is 6.07 Å². The van der Waals surface area contributed by atoms with Crippen LogP contribution in [0.3, 0.4) is 0 Å². The summed E-state index contributed by atoms with van der Waals surface area (Å²) >= 11 is 0. The number of nitrogens with one attached hydrogen (secondary N) is 1. The lowest BCUT2D eigenvalue weighted by molar-refractivity contribution is -0.383. The fourth-order valence-electron chi connectivity index (χ4n) is 3.19. The number of carbonyl (C=O) groups is 1. The van der Waals surface area contributed by atoms with Crippen LogP contribution in [0.1, 0.15) is 44.0 Å². The third-order valence-corrected chi connectivity index (χ3v) is 4.72. The van der Waals surface area contributed by atoms with Crippen LogP contribution < -0.4 is 5.32 Å². The van der Waals surface area contributed by atoms with Gasteiger partial charge in [-0.15, -0.1) is 0 Å². The van der Waals surface area contributed by atoms with Crippen LogP contribution >= 0.6 is 0 Å². The molecule has 26 heavy (non-hydrogen) atoms. The fourth-order valence-corrected chi connectivity index (χ4v) is 3.19. The van der Waals surface area contributed by atoms with Crippen LogP contribution in [0.25, 0.3) is 10.8 Å². The van der Waals surface area contributed by atoms with E-state index in [1.54, 1.807) is 30.3 Å². The zero-order valence-corrected chi connectivity index (χ0v) is 15.7. The highest BCUT2D eigenvalue weighted by Crippen LogP contribution is 2.27. The molecule has 0 aliphatic rings. The number of rotatable bonds is 9. The highest BCUT2D eigenvalue weighted by atomic mass is 16.6. The summed E-state index contributed by atoms with van der Waals surface area (Å²) in [6, 6.07) is 9.95. The summed E-state index contributed by atoms with van der Waals surface area (Å²) in [7, 11) is 0. The van der Waals surface area contributed by atoms with E-state index in [4.69, 9.17) is 0 Å². The summed E-state index contributed by atoms with van der Waals surface area (Å²) in [4.78, 5) is 25.8. The molecule has 6 nitrogen and oxygen atoms in total. The van der Waals surface area contributed by atoms with Crippen LogP contribution in [0.5, 0.6) is 0 Å². The van der Waals surface area contributed by atoms with Gasteiger partial charge in [-0.2, -0.15) is 0 Å². The number of hydrogen-bond acceptors (Lipinski definition) is 4. The first-order valence-corrected chi connectivity index (χ1v) is 9.17. The third kappa shape index (κ3) is 4.79. The van der Waals surface area contributed by atoms with Gasteiger partial charge in [-0.25, -0.2) is 0 Å². The average molecular weight is 357 g/mol. The predicted molar refractivity (Wildman–Crippen MR) is 105 cm³/mol. The second kappa shape index (κ2) is 9.29. The van der Waals surface area contributed by atoms with Gasteiger partial charge in [0.05, 0.1) is 10.3 Å². The van der Waals surface area contributed by atoms with E-state index in [-0.39, 0.29) is 17.6 Å². The molecule has 0 bridgehead atoms. The molecule has 0 fully saturated rings. The quantitative estimate of drug-likeness (QED) is 0.544. The van der Waals surface area contributed by atoms with Gasteiger partial charge in [-0.1, -0.05) is 32.0 Å². The molecule has 1 N–H and O–H groups in total. The van der Waals surface area contributed by atoms with Crippen molar-refractivity contribution in [2.75, 3.05) is 19.6 Å². The molecule has 6 heteroatoms. The molecule has 2 rings (SSSR count). The molecule has 0 heterocycles. The number of nitrogens with zero attached hydrogens (tertiary/aromatic N) is 2. The Hall–Kier alpha value is -2.47. The number of hydrogen-bond donors (Lipinski definition) is 1. The molecule has 1 amide bonds. The van der Waals surface area contributed by atoms with Crippen molar-refractivity contribution in [1.82, 2.24) is 10.2 Å². The number of benzene rings is 2. The minimum Gasteiger partial charge on any atom is -0.350 e. The number of amides is 1. The van der Waals surface area contributed by atoms with Crippen molar-refractivity contribution in [2.24, 2.45) is 0 Å². The largest absolute Gasteiger partial charge is 0.350 e. The van der Waals surface area contributed by atoms with Crippen LogP contribution in [-0.4, -0.2) is 41.4 Å². The Morgan fingerprint density at radius 3 is 2.46 bits per heavy atom. The third-order valence-electron chi connectivity index (χ3n) is 4.72. The van der Waals surface area contributed by atoms with E-state index < -0.39 is 4.92 Å². The summed E-state index contributed by atoms with van der Waals surface area (Å²) in [6.45, 7) is 9.38. The van der Waals surface area contributed by atoms with Gasteiger partial charge in [0.1, 0.15) is 0 Å². The van der Waals surface area contributed by atoms with Crippen LogP contribution in [0.2, 0.25) is 0 Å². The van der Waals surface area contributed by atoms with Crippen molar-refractivity contribution < 1.29 is 9.72 Å². The molecular weight excluding hydrogens is 330 g/mol. The number of fused-ring (bicyclic) bond motifs is 1. The maximum Gasteiger partial charge on any atom is 0.277 e. The van der Waals surface area contributed by atoms with Gasteiger partial charge >= 0.3 is 0 Å². The highest BCUT2D eigenvalue weighted by molar-refractivity contribution is 6.09. The number of carbonyl (C=O) groups excluding carboxylic acids is 1. The topological polar surface area (TPSA) is 75.5 Å². The molecule has 1 atom stereocenters. The monoisotopic (exact) mass is 357 g/mol. The van der Waals surface area contributed by atoms with Crippen molar-refractivity contribution in [3.05, 3.63) is 52.1 Å². The number of nitro benzene ring substituents is 1. The van der Waals surface area contributed by atoms with Gasteiger partial charge in [-0.3, -0.25) is 14.9 Å². The van der Waals surface area contributed by atoms with E-state index in [0.29, 0.717) is 16.3 Å². The van der Waals surface area contributed by atoms with Gasteiger partial charge in [-0.05, 0) is 51.5 Å². The first-order chi connectivity index (χ1) is 12.5. The lowest BCUT2D eigenvalue weighted by Gasteiger charge is -2.20. The molecule has 0 aromatic heterocycles. The summed E-state index contributed by atoms with van der Waals surface area (Å²) < 4.78 is 0. The lowest BCUT2D eigenvalue weighted by Crippen LogP contribution is -2.33. The smallest absolute Gasteiger partial charge is 0.277 e. The summed E-state index contributed by atoms with van der Waals surface area (Å²) in [5.74, 6) is -0.188. The minimum atomic E-state index is -0.417. The van der Waals surface area contributed by atoms with Crippen molar-refractivity contribution >= 4 is 22.4 Å². The predicted octanol–water partition coefficient (Wildman–Crippen LogP) is 3.99. The minimum absolute atomic E-state index is 0.0180. The second-order valence-corrected chi connectivity index (χ2v) is 6.48. The molecule has 140 valence electrons. The van der Waals surface area contributed by atoms with Crippen LogP contribution in [0, 0.1) is 10.1 Å². The molecule has 0 spiro atoms. The number of non-ortho nitro benzene ring substituents is 1. The van der Waals surface area contributed by atoms with Crippen LogP contribution in [-0.2, 0) is 0 Å². The first kappa shape index (κ1) is 19.8. The zero-order chi connectivity index (χ0) is 19.1. The summed E-state index contributed by atoms with van der Waals surface area (Å²) in [6.07, 6.45) is 1.91. The lowest BCUT2D eigenvalue weighted by atomic mass is 10.0. The second-order valence-electron chi connectivity index (χ2n) is 6.48. The standard InChI is InChI=1S/C20H27N3O3/c1-4-22(5-2)14-8-9-15(3)21-20(24)18-12-6-11-17-16(18)10-7-13-19(17)23(25)26/h6-7,10-13,15H,4-5,8-9,14H2,1-3H3,(H,21,24). The van der Waals surface area contributed by atoms with E-state index in [9.17, 15) is 14.9 Å². The Kier molecular flexibility index (Phi) is 7.09. The fraction of sp³-hybridized carbons (Fsp3) is 0.450. The van der Waals surface area contributed by atoms with Crippen LogP contribution in [0.15, 0.2) is 36.4 Å². The van der Waals surface area contributed by atoms with Gasteiger partial charge in [0.2, 0.25) is 0 Å². The number of nitro groups is 1. The van der Waals surface area contributed by atoms with Gasteiger partial charge < -0.3 is 10.2 Å². The Bertz CT molecular complexity index is 772. The zero-order valence-electron chi connectivity index (χ0n) is 15.7. The molecule has 1 unspecified atom stereocenters. The molecule has 0 saturated heterocycles. The molecule has 2 aromatic carbocycles. The summed E-state index contributed by atoms with van der Waals surface area (Å²) in [5, 5.41) is 15.3. The Balaban J connectivity index is 2.08. The summed E-state index contributed by atoms with van der Waals surface area (Å²) in [5.41, 5.74) is 0.492. The van der Waals surface area contributed by atoms with E-state index in [0.717, 1.165) is 32.5 Å². The SMILES string of the molecule is CCN(CC)CCCC(C)NC(=O)c1cccc2c([N+](=O)[O-])cccc12. The van der Waals surface area contributed by atoms with Crippen molar-refractivity contribution in [3.63, 3.8) is 0 Å².